The van der Waals surface area contributed by atoms with Crippen molar-refractivity contribution in [2.75, 3.05) is 43.0 Å². The van der Waals surface area contributed by atoms with Gasteiger partial charge in [0.05, 0.1) is 53.3 Å². The van der Waals surface area contributed by atoms with Crippen molar-refractivity contribution in [3.8, 4) is 11.8 Å². The molecule has 16 nitrogen and oxygen atoms in total. The number of carbonyl (C=O) groups is 3. The lowest BCUT2D eigenvalue weighted by Gasteiger charge is -2.35. The molecule has 1 unspecified atom stereocenters. The van der Waals surface area contributed by atoms with Crippen LogP contribution in [0, 0.1) is 23.7 Å². The first-order chi connectivity index (χ1) is 29.6. The van der Waals surface area contributed by atoms with E-state index in [1.165, 1.54) is 26.0 Å². The Hall–Kier alpha value is -5.93. The monoisotopic (exact) mass is 835 g/mol. The molecule has 1 saturated carbocycles. The van der Waals surface area contributed by atoms with Crippen LogP contribution in [-0.2, 0) is 21.4 Å². The van der Waals surface area contributed by atoms with Crippen LogP contribution < -0.4 is 21.2 Å². The van der Waals surface area contributed by atoms with E-state index in [4.69, 9.17) is 9.72 Å². The van der Waals surface area contributed by atoms with Crippen LogP contribution in [0.15, 0.2) is 47.7 Å². The quantitative estimate of drug-likeness (QED) is 0.171. The fourth-order valence-electron chi connectivity index (χ4n) is 10.1. The van der Waals surface area contributed by atoms with E-state index >= 15 is 0 Å². The molecule has 0 radical (unpaired) electrons. The van der Waals surface area contributed by atoms with Crippen LogP contribution in [0.1, 0.15) is 97.9 Å². The number of amides is 3. The highest BCUT2D eigenvalue weighted by Gasteiger charge is 2.40. The number of halogens is 2. The maximum Gasteiger partial charge on any atom is 0.329 e. The Kier molecular flexibility index (Phi) is 10.2. The molecule has 18 heteroatoms. The molecular weight excluding hydrogens is 789 g/mol. The molecule has 10 rings (SSSR count). The third kappa shape index (κ3) is 7.37. The molecule has 5 aromatic rings. The van der Waals surface area contributed by atoms with Gasteiger partial charge in [-0.15, -0.1) is 0 Å². The average Bonchev–Trinajstić information content (AvgIpc) is 4.11. The van der Waals surface area contributed by atoms with E-state index in [-0.39, 0.29) is 59.8 Å². The van der Waals surface area contributed by atoms with Gasteiger partial charge in [0.1, 0.15) is 17.4 Å². The number of alkyl halides is 2. The van der Waals surface area contributed by atoms with E-state index in [1.807, 2.05) is 24.3 Å². The lowest BCUT2D eigenvalue weighted by atomic mass is 9.85. The number of nitrogens with one attached hydrogen (secondary N) is 2. The van der Waals surface area contributed by atoms with Crippen molar-refractivity contribution in [2.45, 2.75) is 88.4 Å². The summed E-state index contributed by atoms with van der Waals surface area (Å²) in [5.74, 6) is 6.85. The molecule has 318 valence electrons. The molecule has 5 aliphatic rings. The Bertz CT molecular complexity index is 2660. The van der Waals surface area contributed by atoms with Gasteiger partial charge in [0, 0.05) is 44.9 Å². The predicted molar refractivity (Wildman–Crippen MR) is 219 cm³/mol. The van der Waals surface area contributed by atoms with Gasteiger partial charge < -0.3 is 19.9 Å². The molecule has 0 spiro atoms. The molecule has 3 atom stereocenters. The number of aryl methyl sites for hydroxylation is 1. The highest BCUT2D eigenvalue weighted by atomic mass is 19.3. The first-order valence-electron chi connectivity index (χ1n) is 21.3. The fraction of sp³-hybridized carbons (Fsp3) is 0.512. The van der Waals surface area contributed by atoms with Crippen LogP contribution in [0.2, 0.25) is 0 Å². The number of imide groups is 1. The zero-order valence-electron chi connectivity index (χ0n) is 33.8. The van der Waals surface area contributed by atoms with Crippen molar-refractivity contribution in [3.63, 3.8) is 0 Å². The van der Waals surface area contributed by atoms with Crippen molar-refractivity contribution >= 4 is 45.9 Å². The highest BCUT2D eigenvalue weighted by Crippen LogP contribution is 2.37. The van der Waals surface area contributed by atoms with Crippen molar-refractivity contribution in [1.29, 1.82) is 0 Å². The molecule has 8 heterocycles. The standard InChI is InChI=1S/C43H47F2N11O5/c1-51-38-27(3-2-4-33(38)56(43(51)60)34-11-12-36(57)49-42(34)59)8-5-25-13-16-52(17-14-25)21-26-6-9-28(10-7-26)55-23-32(37(50-55)39(44)45)47-41(58)31-20-46-54-18-15-35(48-40(31)54)53-22-30-19-29(53)24-61-30/h2-4,15,18,20,23,25-26,28-30,34,39H,6-7,9-14,16-17,19,21-22,24H2,1H3,(H,47,58)(H,49,57,59)/t26?,28?,29-,30-,34?/m1/s1. The van der Waals surface area contributed by atoms with Crippen LogP contribution in [0.25, 0.3) is 16.7 Å². The number of rotatable bonds is 8. The molecule has 5 fully saturated rings. The van der Waals surface area contributed by atoms with Crippen LogP contribution in [0.4, 0.5) is 20.3 Å². The number of imidazole rings is 1. The molecule has 2 bridgehead atoms. The summed E-state index contributed by atoms with van der Waals surface area (Å²) in [7, 11) is 1.68. The molecule has 1 aliphatic carbocycles. The number of piperidine rings is 2. The van der Waals surface area contributed by atoms with Gasteiger partial charge in [0.15, 0.2) is 11.3 Å². The smallest absolute Gasteiger partial charge is 0.329 e. The number of fused-ring (bicyclic) bond motifs is 4. The summed E-state index contributed by atoms with van der Waals surface area (Å²) in [4.78, 5) is 60.6. The largest absolute Gasteiger partial charge is 0.374 e. The predicted octanol–water partition coefficient (Wildman–Crippen LogP) is 4.22. The summed E-state index contributed by atoms with van der Waals surface area (Å²) in [5, 5.41) is 13.6. The Morgan fingerprint density at radius 1 is 1.05 bits per heavy atom. The van der Waals surface area contributed by atoms with Gasteiger partial charge in [-0.05, 0) is 88.6 Å². The zero-order valence-corrected chi connectivity index (χ0v) is 33.8. The van der Waals surface area contributed by atoms with E-state index in [9.17, 15) is 28.0 Å². The molecule has 4 aliphatic heterocycles. The Morgan fingerprint density at radius 3 is 2.61 bits per heavy atom. The minimum Gasteiger partial charge on any atom is -0.374 e. The number of hydrogen-bond acceptors (Lipinski definition) is 10. The van der Waals surface area contributed by atoms with Crippen molar-refractivity contribution in [2.24, 2.45) is 18.9 Å². The van der Waals surface area contributed by atoms with Crippen LogP contribution in [0.3, 0.4) is 0 Å². The fourth-order valence-corrected chi connectivity index (χ4v) is 10.1. The number of aromatic nitrogens is 7. The summed E-state index contributed by atoms with van der Waals surface area (Å²) in [6.07, 6.45) is 8.74. The van der Waals surface area contributed by atoms with E-state index < -0.39 is 30.0 Å². The van der Waals surface area contributed by atoms with Crippen molar-refractivity contribution < 1.29 is 27.9 Å². The minimum atomic E-state index is -2.86. The molecule has 3 amide bonds. The number of para-hydroxylation sites is 1. The molecular formula is C43H47F2N11O5. The molecule has 2 N–H and O–H groups in total. The topological polar surface area (TPSA) is 166 Å². The minimum absolute atomic E-state index is 0.0102. The average molecular weight is 836 g/mol. The van der Waals surface area contributed by atoms with Gasteiger partial charge in [0.25, 0.3) is 12.3 Å². The number of nitrogens with zero attached hydrogens (tertiary/aromatic N) is 9. The van der Waals surface area contributed by atoms with Gasteiger partial charge in [0.2, 0.25) is 11.8 Å². The summed E-state index contributed by atoms with van der Waals surface area (Å²) in [6.45, 7) is 4.19. The van der Waals surface area contributed by atoms with E-state index in [0.717, 1.165) is 82.5 Å². The normalized spacial score (nSPS) is 24.8. The number of carbonyl (C=O) groups excluding carboxylic acids is 3. The van der Waals surface area contributed by atoms with Gasteiger partial charge >= 0.3 is 5.69 Å². The second-order valence-corrected chi connectivity index (χ2v) is 17.1. The summed E-state index contributed by atoms with van der Waals surface area (Å²) >= 11 is 0. The lowest BCUT2D eigenvalue weighted by molar-refractivity contribution is -0.135. The number of morpholine rings is 1. The van der Waals surface area contributed by atoms with Crippen LogP contribution in [0.5, 0.6) is 0 Å². The second kappa shape index (κ2) is 15.8. The van der Waals surface area contributed by atoms with E-state index in [0.29, 0.717) is 29.2 Å². The highest BCUT2D eigenvalue weighted by molar-refractivity contribution is 6.08. The third-order valence-electron chi connectivity index (χ3n) is 13.3. The molecule has 1 aromatic carbocycles. The number of hydrogen-bond donors (Lipinski definition) is 2. The Morgan fingerprint density at radius 2 is 1.87 bits per heavy atom. The van der Waals surface area contributed by atoms with Gasteiger partial charge in [-0.3, -0.25) is 33.5 Å². The van der Waals surface area contributed by atoms with E-state index in [1.54, 1.807) is 17.9 Å². The van der Waals surface area contributed by atoms with Crippen molar-refractivity contribution in [3.05, 3.63) is 70.2 Å². The number of anilines is 2. The van der Waals surface area contributed by atoms with E-state index in [2.05, 4.69) is 42.5 Å². The molecule has 4 saturated heterocycles. The number of likely N-dealkylation sites (tertiary alicyclic amines) is 1. The zero-order chi connectivity index (χ0) is 41.9. The molecule has 4 aromatic heterocycles. The van der Waals surface area contributed by atoms with Gasteiger partial charge in [-0.1, -0.05) is 17.9 Å². The maximum absolute atomic E-state index is 14.3. The van der Waals surface area contributed by atoms with Crippen LogP contribution in [-0.4, -0.2) is 101 Å². The summed E-state index contributed by atoms with van der Waals surface area (Å²) in [5.41, 5.74) is 1.79. The lowest BCUT2D eigenvalue weighted by Crippen LogP contribution is -2.44. The molecule has 61 heavy (non-hydrogen) atoms. The summed E-state index contributed by atoms with van der Waals surface area (Å²) < 4.78 is 40.5. The van der Waals surface area contributed by atoms with Gasteiger partial charge in [-0.2, -0.15) is 10.2 Å². The SMILES string of the molecule is Cn1c(=O)n(C2CCC(=O)NC2=O)c2cccc(C#CC3CCN(CC4CCC(n5cc(NC(=O)c6cnn7ccc(N8C[C@H]9C[C@@H]8CO9)nc67)c(C(F)F)n5)CC4)CC3)c21. The Balaban J connectivity index is 0.738. The first-order valence-corrected chi connectivity index (χ1v) is 21.3. The number of benzene rings is 1. The first kappa shape index (κ1) is 39.2. The second-order valence-electron chi connectivity index (χ2n) is 17.1. The van der Waals surface area contributed by atoms with Crippen molar-refractivity contribution in [1.82, 2.24) is 43.7 Å². The number of ether oxygens (including phenoxy) is 1. The van der Waals surface area contributed by atoms with Crippen LogP contribution >= 0.6 is 0 Å². The Labute approximate surface area is 349 Å². The maximum atomic E-state index is 14.3. The van der Waals surface area contributed by atoms with Gasteiger partial charge in [-0.25, -0.2) is 23.1 Å². The summed E-state index contributed by atoms with van der Waals surface area (Å²) in [6, 6.07) is 6.86. The third-order valence-corrected chi connectivity index (χ3v) is 13.3.